The van der Waals surface area contributed by atoms with Crippen LogP contribution in [0.25, 0.3) is 0 Å². The van der Waals surface area contributed by atoms with Gasteiger partial charge in [-0.2, -0.15) is 0 Å². The van der Waals surface area contributed by atoms with Crippen molar-refractivity contribution >= 4 is 45.6 Å². The van der Waals surface area contributed by atoms with Crippen molar-refractivity contribution in [3.63, 3.8) is 0 Å². The van der Waals surface area contributed by atoms with E-state index in [1.807, 2.05) is 5.38 Å². The summed E-state index contributed by atoms with van der Waals surface area (Å²) in [6.45, 7) is 3.05. The number of likely N-dealkylation sites (tertiary alicyclic amines) is 1. The molecule has 1 aliphatic rings. The fourth-order valence-corrected chi connectivity index (χ4v) is 4.18. The Kier molecular flexibility index (Phi) is 6.17. The topological polar surface area (TPSA) is 54.5 Å². The van der Waals surface area contributed by atoms with Gasteiger partial charge in [0.05, 0.1) is 22.8 Å². The van der Waals surface area contributed by atoms with Crippen LogP contribution in [0.2, 0.25) is 10.0 Å². The zero-order chi connectivity index (χ0) is 17.8. The molecule has 0 saturated carbocycles. The number of halogens is 2. The van der Waals surface area contributed by atoms with Crippen LogP contribution in [0.15, 0.2) is 17.5 Å². The Morgan fingerprint density at radius 3 is 2.60 bits per heavy atom. The van der Waals surface area contributed by atoms with Crippen molar-refractivity contribution in [3.05, 3.63) is 38.8 Å². The number of aromatic nitrogens is 1. The number of carbonyl (C=O) groups is 1. The van der Waals surface area contributed by atoms with E-state index in [9.17, 15) is 4.79 Å². The van der Waals surface area contributed by atoms with E-state index < -0.39 is 0 Å². The van der Waals surface area contributed by atoms with Crippen LogP contribution >= 0.6 is 34.5 Å². The quantitative estimate of drug-likeness (QED) is 0.791. The molecule has 2 heterocycles. The van der Waals surface area contributed by atoms with Gasteiger partial charge in [-0.15, -0.1) is 11.3 Å². The van der Waals surface area contributed by atoms with Crippen molar-refractivity contribution in [2.75, 3.05) is 25.5 Å². The lowest BCUT2D eigenvalue weighted by atomic mass is 10.1. The predicted octanol–water partition coefficient (Wildman–Crippen LogP) is 4.70. The molecule has 1 aromatic carbocycles. The Hall–Kier alpha value is -1.34. The minimum Gasteiger partial charge on any atom is -0.494 e. The average molecular weight is 400 g/mol. The first-order valence-corrected chi connectivity index (χ1v) is 9.71. The number of anilines is 1. The maximum absolute atomic E-state index is 12.4. The zero-order valence-electron chi connectivity index (χ0n) is 13.8. The molecule has 0 aliphatic carbocycles. The van der Waals surface area contributed by atoms with Crippen LogP contribution in [-0.2, 0) is 6.54 Å². The molecule has 0 spiro atoms. The summed E-state index contributed by atoms with van der Waals surface area (Å²) in [6, 6.07) is 3.06. The fraction of sp³-hybridized carbons (Fsp3) is 0.412. The number of rotatable bonds is 5. The molecule has 0 bridgehead atoms. The van der Waals surface area contributed by atoms with Gasteiger partial charge in [-0.05, 0) is 38.1 Å². The van der Waals surface area contributed by atoms with Gasteiger partial charge in [0.1, 0.15) is 0 Å². The molecule has 1 N–H and O–H groups in total. The van der Waals surface area contributed by atoms with Gasteiger partial charge in [0, 0.05) is 17.5 Å². The van der Waals surface area contributed by atoms with Crippen molar-refractivity contribution in [2.24, 2.45) is 0 Å². The molecule has 1 aromatic heterocycles. The highest BCUT2D eigenvalue weighted by Gasteiger charge is 2.16. The lowest BCUT2D eigenvalue weighted by Gasteiger charge is -2.25. The van der Waals surface area contributed by atoms with Gasteiger partial charge in [0.25, 0.3) is 5.91 Å². The monoisotopic (exact) mass is 399 g/mol. The van der Waals surface area contributed by atoms with E-state index in [2.05, 4.69) is 15.2 Å². The molecular formula is C17H19Cl2N3O2S. The number of thiazole rings is 1. The SMILES string of the molecule is COc1c(Cl)cc(C(=O)Nc2nc(CN3CCCCC3)cs2)cc1Cl. The molecule has 0 atom stereocenters. The number of nitrogens with zero attached hydrogens (tertiary/aromatic N) is 2. The van der Waals surface area contributed by atoms with E-state index in [-0.39, 0.29) is 5.91 Å². The number of amides is 1. The molecule has 1 fully saturated rings. The molecule has 0 radical (unpaired) electrons. The summed E-state index contributed by atoms with van der Waals surface area (Å²) in [6.07, 6.45) is 3.79. The van der Waals surface area contributed by atoms with Gasteiger partial charge < -0.3 is 4.74 Å². The van der Waals surface area contributed by atoms with Crippen molar-refractivity contribution in [2.45, 2.75) is 25.8 Å². The van der Waals surface area contributed by atoms with Crippen LogP contribution in [0.1, 0.15) is 35.3 Å². The fourth-order valence-electron chi connectivity index (χ4n) is 2.84. The normalized spacial score (nSPS) is 15.2. The Balaban J connectivity index is 1.65. The number of hydrogen-bond acceptors (Lipinski definition) is 5. The second kappa shape index (κ2) is 8.36. The summed E-state index contributed by atoms with van der Waals surface area (Å²) in [4.78, 5) is 19.3. The minimum absolute atomic E-state index is 0.296. The van der Waals surface area contributed by atoms with Gasteiger partial charge in [0.15, 0.2) is 10.9 Å². The number of nitrogens with one attached hydrogen (secondary N) is 1. The summed E-state index contributed by atoms with van der Waals surface area (Å²) in [5.74, 6) is 0.0586. The number of ether oxygens (including phenoxy) is 1. The minimum atomic E-state index is -0.301. The van der Waals surface area contributed by atoms with Gasteiger partial charge in [-0.3, -0.25) is 15.0 Å². The second-order valence-electron chi connectivity index (χ2n) is 5.91. The first-order valence-electron chi connectivity index (χ1n) is 8.08. The van der Waals surface area contributed by atoms with Crippen LogP contribution in [-0.4, -0.2) is 36.0 Å². The third-order valence-corrected chi connectivity index (χ3v) is 5.44. The largest absolute Gasteiger partial charge is 0.494 e. The summed E-state index contributed by atoms with van der Waals surface area (Å²) in [7, 11) is 1.48. The third kappa shape index (κ3) is 4.64. The number of carbonyl (C=O) groups excluding carboxylic acids is 1. The van der Waals surface area contributed by atoms with E-state index in [1.54, 1.807) is 0 Å². The Bertz CT molecular complexity index is 737. The Morgan fingerprint density at radius 2 is 1.96 bits per heavy atom. The highest BCUT2D eigenvalue weighted by molar-refractivity contribution is 7.14. The molecule has 0 unspecified atom stereocenters. The van der Waals surface area contributed by atoms with Crippen LogP contribution < -0.4 is 10.1 Å². The first kappa shape index (κ1) is 18.5. The van der Waals surface area contributed by atoms with E-state index >= 15 is 0 Å². The van der Waals surface area contributed by atoms with E-state index in [1.165, 1.54) is 49.8 Å². The smallest absolute Gasteiger partial charge is 0.257 e. The second-order valence-corrected chi connectivity index (χ2v) is 7.58. The molecular weight excluding hydrogens is 381 g/mol. The Labute approximate surface area is 160 Å². The van der Waals surface area contributed by atoms with Crippen molar-refractivity contribution in [1.82, 2.24) is 9.88 Å². The molecule has 1 saturated heterocycles. The van der Waals surface area contributed by atoms with Gasteiger partial charge in [-0.25, -0.2) is 4.98 Å². The van der Waals surface area contributed by atoms with Crippen molar-refractivity contribution < 1.29 is 9.53 Å². The standard InChI is InChI=1S/C17H19Cl2N3O2S/c1-24-15-13(18)7-11(8-14(15)19)16(23)21-17-20-12(10-25-17)9-22-5-3-2-4-6-22/h7-8,10H,2-6,9H2,1H3,(H,20,21,23). The van der Waals surface area contributed by atoms with Gasteiger partial charge >= 0.3 is 0 Å². The van der Waals surface area contributed by atoms with Crippen LogP contribution in [0.4, 0.5) is 5.13 Å². The van der Waals surface area contributed by atoms with Gasteiger partial charge in [-0.1, -0.05) is 29.6 Å². The zero-order valence-corrected chi connectivity index (χ0v) is 16.2. The van der Waals surface area contributed by atoms with E-state index in [0.717, 1.165) is 25.3 Å². The molecule has 1 aliphatic heterocycles. The third-order valence-electron chi connectivity index (χ3n) is 4.07. The summed E-state index contributed by atoms with van der Waals surface area (Å²) < 4.78 is 5.09. The predicted molar refractivity (Wildman–Crippen MR) is 102 cm³/mol. The maximum atomic E-state index is 12.4. The molecule has 1 amide bonds. The van der Waals surface area contributed by atoms with Crippen LogP contribution in [0.3, 0.4) is 0 Å². The number of methoxy groups -OCH3 is 1. The summed E-state index contributed by atoms with van der Waals surface area (Å²) in [5.41, 5.74) is 1.34. The molecule has 5 nitrogen and oxygen atoms in total. The number of piperidine rings is 1. The van der Waals surface area contributed by atoms with Crippen molar-refractivity contribution in [3.8, 4) is 5.75 Å². The highest BCUT2D eigenvalue weighted by Crippen LogP contribution is 2.34. The lowest BCUT2D eigenvalue weighted by Crippen LogP contribution is -2.29. The number of hydrogen-bond donors (Lipinski definition) is 1. The molecule has 8 heteroatoms. The lowest BCUT2D eigenvalue weighted by molar-refractivity contribution is 0.102. The molecule has 25 heavy (non-hydrogen) atoms. The summed E-state index contributed by atoms with van der Waals surface area (Å²) >= 11 is 13.6. The molecule has 2 aromatic rings. The van der Waals surface area contributed by atoms with Gasteiger partial charge in [0.2, 0.25) is 0 Å². The van der Waals surface area contributed by atoms with Crippen molar-refractivity contribution in [1.29, 1.82) is 0 Å². The van der Waals surface area contributed by atoms with E-state index in [4.69, 9.17) is 27.9 Å². The maximum Gasteiger partial charge on any atom is 0.257 e. The number of benzene rings is 1. The molecule has 3 rings (SSSR count). The first-order chi connectivity index (χ1) is 12.1. The average Bonchev–Trinajstić information content (AvgIpc) is 3.02. The summed E-state index contributed by atoms with van der Waals surface area (Å²) in [5, 5.41) is 5.95. The van der Waals surface area contributed by atoms with Crippen LogP contribution in [0.5, 0.6) is 5.75 Å². The van der Waals surface area contributed by atoms with E-state index in [0.29, 0.717) is 26.5 Å². The Morgan fingerprint density at radius 1 is 1.28 bits per heavy atom. The molecule has 134 valence electrons. The highest BCUT2D eigenvalue weighted by atomic mass is 35.5. The van der Waals surface area contributed by atoms with Crippen LogP contribution in [0, 0.1) is 0 Å².